The van der Waals surface area contributed by atoms with Gasteiger partial charge in [-0.3, -0.25) is 9.59 Å². The molecule has 90 valence electrons. The van der Waals surface area contributed by atoms with Crippen molar-refractivity contribution in [3.63, 3.8) is 0 Å². The smallest absolute Gasteiger partial charge is 0.289 e. The topological polar surface area (TPSA) is 95.4 Å². The lowest BCUT2D eigenvalue weighted by Gasteiger charge is -2.06. The Labute approximate surface area is 99.0 Å². The van der Waals surface area contributed by atoms with Gasteiger partial charge in [0.2, 0.25) is 5.78 Å². The molecule has 17 heavy (non-hydrogen) atoms. The van der Waals surface area contributed by atoms with Gasteiger partial charge in [-0.2, -0.15) is 0 Å². The largest absolute Gasteiger partial charge is 0.487 e. The van der Waals surface area contributed by atoms with Crippen molar-refractivity contribution < 1.29 is 14.3 Å². The van der Waals surface area contributed by atoms with Gasteiger partial charge in [0.25, 0.3) is 5.91 Å². The van der Waals surface area contributed by atoms with Crippen LogP contribution in [0.2, 0.25) is 0 Å². The molecule has 0 saturated carbocycles. The van der Waals surface area contributed by atoms with E-state index in [0.29, 0.717) is 5.75 Å². The molecule has 1 aromatic carbocycles. The summed E-state index contributed by atoms with van der Waals surface area (Å²) < 4.78 is 5.33. The molecule has 0 radical (unpaired) electrons. The Morgan fingerprint density at radius 2 is 2.06 bits per heavy atom. The predicted octanol–water partition coefficient (Wildman–Crippen LogP) is 0.271. The van der Waals surface area contributed by atoms with Crippen molar-refractivity contribution >= 4 is 11.7 Å². The van der Waals surface area contributed by atoms with E-state index >= 15 is 0 Å². The third kappa shape index (κ3) is 4.38. The summed E-state index contributed by atoms with van der Waals surface area (Å²) in [4.78, 5) is 21.4. The van der Waals surface area contributed by atoms with E-state index in [1.54, 1.807) is 6.07 Å². The molecule has 5 nitrogen and oxygen atoms in total. The van der Waals surface area contributed by atoms with Gasteiger partial charge in [0.15, 0.2) is 0 Å². The molecular weight excluding hydrogens is 220 g/mol. The lowest BCUT2D eigenvalue weighted by molar-refractivity contribution is -0.133. The van der Waals surface area contributed by atoms with E-state index in [1.165, 1.54) is 0 Å². The van der Waals surface area contributed by atoms with Gasteiger partial charge in [0, 0.05) is 6.08 Å². The number of aryl methyl sites for hydroxylation is 1. The third-order valence-electron chi connectivity index (χ3n) is 1.95. The lowest BCUT2D eigenvalue weighted by atomic mass is 10.2. The highest BCUT2D eigenvalue weighted by atomic mass is 16.5. The van der Waals surface area contributed by atoms with Gasteiger partial charge in [-0.1, -0.05) is 12.1 Å². The summed E-state index contributed by atoms with van der Waals surface area (Å²) in [6.07, 6.45) is 0.970. The van der Waals surface area contributed by atoms with E-state index < -0.39 is 11.7 Å². The summed E-state index contributed by atoms with van der Waals surface area (Å²) in [5.41, 5.74) is 11.5. The normalized spacial score (nSPS) is 11.0. The van der Waals surface area contributed by atoms with Gasteiger partial charge < -0.3 is 16.2 Å². The minimum atomic E-state index is -1.04. The average molecular weight is 234 g/mol. The maximum Gasteiger partial charge on any atom is 0.289 e. The fourth-order valence-electron chi connectivity index (χ4n) is 1.15. The van der Waals surface area contributed by atoms with Gasteiger partial charge in [-0.15, -0.1) is 0 Å². The SMILES string of the molecule is Cc1cccc(OC/C(N)=C/C(=O)C(N)=O)c1. The summed E-state index contributed by atoms with van der Waals surface area (Å²) in [5.74, 6) is -1.23. The summed E-state index contributed by atoms with van der Waals surface area (Å²) in [6, 6.07) is 7.39. The van der Waals surface area contributed by atoms with Crippen LogP contribution in [0, 0.1) is 6.92 Å². The van der Waals surface area contributed by atoms with Crippen molar-refractivity contribution in [1.82, 2.24) is 0 Å². The lowest BCUT2D eigenvalue weighted by Crippen LogP contribution is -2.23. The van der Waals surface area contributed by atoms with Crippen molar-refractivity contribution in [2.45, 2.75) is 6.92 Å². The van der Waals surface area contributed by atoms with Gasteiger partial charge in [0.1, 0.15) is 12.4 Å². The first kappa shape index (κ1) is 12.8. The zero-order chi connectivity index (χ0) is 12.8. The number of ketones is 1. The van der Waals surface area contributed by atoms with E-state index in [2.05, 4.69) is 0 Å². The van der Waals surface area contributed by atoms with Crippen LogP contribution < -0.4 is 16.2 Å². The number of primary amides is 1. The third-order valence-corrected chi connectivity index (χ3v) is 1.95. The fourth-order valence-corrected chi connectivity index (χ4v) is 1.15. The molecule has 0 spiro atoms. The number of amides is 1. The monoisotopic (exact) mass is 234 g/mol. The fraction of sp³-hybridized carbons (Fsp3) is 0.167. The van der Waals surface area contributed by atoms with Crippen LogP contribution >= 0.6 is 0 Å². The van der Waals surface area contributed by atoms with Gasteiger partial charge >= 0.3 is 0 Å². The summed E-state index contributed by atoms with van der Waals surface area (Å²) in [6.45, 7) is 1.96. The van der Waals surface area contributed by atoms with Crippen molar-refractivity contribution in [3.8, 4) is 5.75 Å². The van der Waals surface area contributed by atoms with E-state index in [-0.39, 0.29) is 12.3 Å². The minimum absolute atomic E-state index is 0.0302. The Balaban J connectivity index is 2.56. The first-order valence-corrected chi connectivity index (χ1v) is 4.98. The molecule has 0 fully saturated rings. The number of hydrogen-bond acceptors (Lipinski definition) is 4. The Morgan fingerprint density at radius 3 is 2.65 bits per heavy atom. The molecule has 0 heterocycles. The van der Waals surface area contributed by atoms with Gasteiger partial charge in [-0.25, -0.2) is 0 Å². The quantitative estimate of drug-likeness (QED) is 0.564. The maximum absolute atomic E-state index is 10.9. The van der Waals surface area contributed by atoms with Crippen LogP contribution in [0.15, 0.2) is 36.0 Å². The molecule has 0 unspecified atom stereocenters. The Hall–Kier alpha value is -2.30. The van der Waals surface area contributed by atoms with Crippen LogP contribution in [0.1, 0.15) is 5.56 Å². The molecule has 1 aromatic rings. The zero-order valence-corrected chi connectivity index (χ0v) is 9.47. The Morgan fingerprint density at radius 1 is 1.35 bits per heavy atom. The Bertz CT molecular complexity index is 467. The summed E-state index contributed by atoms with van der Waals surface area (Å²) in [5, 5.41) is 0. The van der Waals surface area contributed by atoms with Crippen molar-refractivity contribution in [3.05, 3.63) is 41.6 Å². The number of benzene rings is 1. The number of ether oxygens (including phenoxy) is 1. The van der Waals surface area contributed by atoms with E-state index in [4.69, 9.17) is 16.2 Å². The molecule has 4 N–H and O–H groups in total. The molecule has 0 aromatic heterocycles. The predicted molar refractivity (Wildman–Crippen MR) is 63.1 cm³/mol. The highest BCUT2D eigenvalue weighted by molar-refractivity contribution is 6.40. The van der Waals surface area contributed by atoms with Crippen molar-refractivity contribution in [1.29, 1.82) is 0 Å². The minimum Gasteiger partial charge on any atom is -0.487 e. The van der Waals surface area contributed by atoms with Gasteiger partial charge in [-0.05, 0) is 24.6 Å². The molecule has 5 heteroatoms. The van der Waals surface area contributed by atoms with E-state index in [0.717, 1.165) is 11.6 Å². The van der Waals surface area contributed by atoms with Gasteiger partial charge in [0.05, 0.1) is 5.70 Å². The average Bonchev–Trinajstić information content (AvgIpc) is 2.26. The second-order valence-electron chi connectivity index (χ2n) is 3.55. The maximum atomic E-state index is 10.9. The Kier molecular flexibility index (Phi) is 4.28. The molecule has 0 atom stereocenters. The zero-order valence-electron chi connectivity index (χ0n) is 9.47. The van der Waals surface area contributed by atoms with Crippen LogP contribution in [0.3, 0.4) is 0 Å². The van der Waals surface area contributed by atoms with Crippen LogP contribution in [0.5, 0.6) is 5.75 Å². The second kappa shape index (κ2) is 5.69. The molecule has 0 aliphatic heterocycles. The molecule has 1 amide bonds. The van der Waals surface area contributed by atoms with E-state index in [1.807, 2.05) is 25.1 Å². The molecule has 0 saturated heterocycles. The van der Waals surface area contributed by atoms with Crippen LogP contribution in [-0.2, 0) is 9.59 Å². The summed E-state index contributed by atoms with van der Waals surface area (Å²) in [7, 11) is 0. The molecule has 1 rings (SSSR count). The number of carbonyl (C=O) groups excluding carboxylic acids is 2. The number of nitrogens with two attached hydrogens (primary N) is 2. The van der Waals surface area contributed by atoms with Crippen molar-refractivity contribution in [2.75, 3.05) is 6.61 Å². The molecule has 0 bridgehead atoms. The first-order valence-electron chi connectivity index (χ1n) is 4.98. The summed E-state index contributed by atoms with van der Waals surface area (Å²) >= 11 is 0. The highest BCUT2D eigenvalue weighted by Gasteiger charge is 2.06. The first-order chi connectivity index (χ1) is 7.99. The van der Waals surface area contributed by atoms with Crippen LogP contribution in [-0.4, -0.2) is 18.3 Å². The second-order valence-corrected chi connectivity index (χ2v) is 3.55. The van der Waals surface area contributed by atoms with E-state index in [9.17, 15) is 9.59 Å². The molecular formula is C12H14N2O3. The highest BCUT2D eigenvalue weighted by Crippen LogP contribution is 2.12. The standard InChI is InChI=1S/C12H14N2O3/c1-8-3-2-4-10(5-8)17-7-9(13)6-11(15)12(14)16/h2-6H,7,13H2,1H3,(H2,14,16)/b9-6-. The number of carbonyl (C=O) groups is 2. The molecule has 0 aliphatic carbocycles. The number of rotatable bonds is 5. The molecule has 0 aliphatic rings. The van der Waals surface area contributed by atoms with Crippen molar-refractivity contribution in [2.24, 2.45) is 11.5 Å². The van der Waals surface area contributed by atoms with Crippen LogP contribution in [0.25, 0.3) is 0 Å². The number of hydrogen-bond donors (Lipinski definition) is 2. The van der Waals surface area contributed by atoms with Crippen LogP contribution in [0.4, 0.5) is 0 Å².